The molecule has 0 bridgehead atoms. The first kappa shape index (κ1) is 12.2. The molecule has 0 unspecified atom stereocenters. The highest BCUT2D eigenvalue weighted by molar-refractivity contribution is 5.94. The third-order valence-corrected chi connectivity index (χ3v) is 3.96. The van der Waals surface area contributed by atoms with Crippen LogP contribution in [-0.4, -0.2) is 46.6 Å². The fourth-order valence-electron chi connectivity index (χ4n) is 3.05. The van der Waals surface area contributed by atoms with Crippen molar-refractivity contribution < 1.29 is 9.90 Å². The molecule has 19 heavy (non-hydrogen) atoms. The minimum absolute atomic E-state index is 0.183. The van der Waals surface area contributed by atoms with Crippen LogP contribution in [0.25, 0.3) is 0 Å². The van der Waals surface area contributed by atoms with E-state index in [4.69, 9.17) is 0 Å². The van der Waals surface area contributed by atoms with Gasteiger partial charge >= 0.3 is 0 Å². The van der Waals surface area contributed by atoms with Crippen molar-refractivity contribution in [2.45, 2.75) is 18.9 Å². The standard InChI is InChI=1S/C13H17N3O3/c17-11-4-9(5-12(18)15-11)13(19)16-6-8-2-1-3-14-10(8)7-16/h4-5,8,10,14H,1-3,6-7H2,(H2,15,17,18)/t8-,10+/m0/s1. The van der Waals surface area contributed by atoms with Crippen LogP contribution in [0.3, 0.4) is 0 Å². The maximum atomic E-state index is 12.3. The smallest absolute Gasteiger partial charge is 0.254 e. The molecule has 6 nitrogen and oxygen atoms in total. The molecule has 1 amide bonds. The lowest BCUT2D eigenvalue weighted by Gasteiger charge is -2.24. The van der Waals surface area contributed by atoms with E-state index in [1.54, 1.807) is 4.90 Å². The highest BCUT2D eigenvalue weighted by atomic mass is 16.3. The summed E-state index contributed by atoms with van der Waals surface area (Å²) < 4.78 is 0. The molecule has 6 heteroatoms. The maximum Gasteiger partial charge on any atom is 0.254 e. The topological polar surface area (TPSA) is 85.4 Å². The van der Waals surface area contributed by atoms with Crippen LogP contribution in [-0.2, 0) is 0 Å². The van der Waals surface area contributed by atoms with Crippen molar-refractivity contribution in [2.24, 2.45) is 5.92 Å². The molecule has 2 fully saturated rings. The van der Waals surface area contributed by atoms with Crippen molar-refractivity contribution in [3.8, 4) is 5.88 Å². The maximum absolute atomic E-state index is 12.3. The van der Waals surface area contributed by atoms with Gasteiger partial charge in [0.1, 0.15) is 0 Å². The van der Waals surface area contributed by atoms with Crippen LogP contribution < -0.4 is 10.9 Å². The monoisotopic (exact) mass is 263 g/mol. The molecule has 3 heterocycles. The zero-order valence-corrected chi connectivity index (χ0v) is 10.6. The largest absolute Gasteiger partial charge is 0.494 e. The molecular formula is C13H17N3O3. The number of rotatable bonds is 1. The van der Waals surface area contributed by atoms with Crippen LogP contribution in [0.4, 0.5) is 0 Å². The van der Waals surface area contributed by atoms with Crippen molar-refractivity contribution in [1.82, 2.24) is 15.2 Å². The van der Waals surface area contributed by atoms with Crippen molar-refractivity contribution in [3.05, 3.63) is 28.0 Å². The summed E-state index contributed by atoms with van der Waals surface area (Å²) in [5, 5.41) is 12.8. The number of carbonyl (C=O) groups excluding carboxylic acids is 1. The van der Waals surface area contributed by atoms with E-state index >= 15 is 0 Å². The average molecular weight is 263 g/mol. The Morgan fingerprint density at radius 1 is 1.37 bits per heavy atom. The summed E-state index contributed by atoms with van der Waals surface area (Å²) in [4.78, 5) is 27.6. The lowest BCUT2D eigenvalue weighted by molar-refractivity contribution is 0.0785. The Hall–Kier alpha value is -1.82. The molecule has 0 saturated carbocycles. The second-order valence-electron chi connectivity index (χ2n) is 5.29. The molecule has 0 aromatic carbocycles. The number of likely N-dealkylation sites (tertiary alicyclic amines) is 1. The number of carbonyl (C=O) groups is 1. The van der Waals surface area contributed by atoms with Gasteiger partial charge in [0.15, 0.2) is 5.88 Å². The minimum atomic E-state index is -0.460. The van der Waals surface area contributed by atoms with Crippen LogP contribution in [0.2, 0.25) is 0 Å². The number of aromatic amines is 1. The zero-order chi connectivity index (χ0) is 13.4. The number of H-pyrrole nitrogens is 1. The van der Waals surface area contributed by atoms with E-state index in [1.807, 2.05) is 0 Å². The summed E-state index contributed by atoms with van der Waals surface area (Å²) in [5.74, 6) is 0.0523. The van der Waals surface area contributed by atoms with Gasteiger partial charge in [0, 0.05) is 31.3 Å². The molecule has 2 atom stereocenters. The molecule has 2 aliphatic heterocycles. The van der Waals surface area contributed by atoms with Gasteiger partial charge in [-0.1, -0.05) is 0 Å². The van der Waals surface area contributed by atoms with E-state index in [2.05, 4.69) is 10.3 Å². The fourth-order valence-corrected chi connectivity index (χ4v) is 3.05. The molecule has 0 spiro atoms. The third kappa shape index (κ3) is 2.35. The first-order valence-corrected chi connectivity index (χ1v) is 6.59. The van der Waals surface area contributed by atoms with Crippen molar-refractivity contribution in [1.29, 1.82) is 0 Å². The molecule has 102 valence electrons. The number of hydrogen-bond acceptors (Lipinski definition) is 4. The predicted octanol–water partition coefficient (Wildman–Crippen LogP) is -0.0955. The first-order chi connectivity index (χ1) is 9.13. The Kier molecular flexibility index (Phi) is 3.02. The quantitative estimate of drug-likeness (QED) is 0.660. The van der Waals surface area contributed by atoms with Gasteiger partial charge in [-0.3, -0.25) is 14.6 Å². The molecule has 2 saturated heterocycles. The number of hydrogen-bond donors (Lipinski definition) is 3. The summed E-state index contributed by atoms with van der Waals surface area (Å²) in [6, 6.07) is 2.91. The molecule has 3 N–H and O–H groups in total. The predicted molar refractivity (Wildman–Crippen MR) is 69.1 cm³/mol. The normalized spacial score (nSPS) is 26.2. The number of piperidine rings is 1. The Bertz CT molecular complexity index is 540. The summed E-state index contributed by atoms with van der Waals surface area (Å²) in [7, 11) is 0. The van der Waals surface area contributed by atoms with E-state index in [0.717, 1.165) is 25.9 Å². The fraction of sp³-hybridized carbons (Fsp3) is 0.538. The number of nitrogens with one attached hydrogen (secondary N) is 2. The summed E-state index contributed by atoms with van der Waals surface area (Å²) >= 11 is 0. The van der Waals surface area contributed by atoms with Gasteiger partial charge in [0.2, 0.25) is 0 Å². The SMILES string of the molecule is O=C(c1cc(O)[nH]c(=O)c1)N1C[C@@H]2CCCN[C@@H]2C1. The Balaban J connectivity index is 1.79. The molecule has 0 radical (unpaired) electrons. The molecule has 1 aromatic heterocycles. The average Bonchev–Trinajstić information content (AvgIpc) is 2.80. The summed E-state index contributed by atoms with van der Waals surface area (Å²) in [5.41, 5.74) is -0.210. The molecule has 3 rings (SSSR count). The van der Waals surface area contributed by atoms with E-state index in [9.17, 15) is 14.7 Å². The van der Waals surface area contributed by atoms with Gasteiger partial charge in [0.05, 0.1) is 5.56 Å². The van der Waals surface area contributed by atoms with Gasteiger partial charge in [-0.25, -0.2) is 0 Å². The van der Waals surface area contributed by atoms with E-state index in [1.165, 1.54) is 12.1 Å². The van der Waals surface area contributed by atoms with Crippen LogP contribution in [0, 0.1) is 5.92 Å². The van der Waals surface area contributed by atoms with Gasteiger partial charge < -0.3 is 15.3 Å². The van der Waals surface area contributed by atoms with Crippen molar-refractivity contribution in [3.63, 3.8) is 0 Å². The van der Waals surface area contributed by atoms with Crippen LogP contribution in [0.5, 0.6) is 5.88 Å². The molecular weight excluding hydrogens is 246 g/mol. The first-order valence-electron chi connectivity index (χ1n) is 6.59. The van der Waals surface area contributed by atoms with Crippen molar-refractivity contribution >= 4 is 5.91 Å². The van der Waals surface area contributed by atoms with Crippen LogP contribution in [0.15, 0.2) is 16.9 Å². The van der Waals surface area contributed by atoms with E-state index in [0.29, 0.717) is 18.5 Å². The van der Waals surface area contributed by atoms with Gasteiger partial charge in [-0.05, 0) is 25.3 Å². The number of amides is 1. The lowest BCUT2D eigenvalue weighted by Crippen LogP contribution is -2.41. The van der Waals surface area contributed by atoms with Gasteiger partial charge in [-0.2, -0.15) is 0 Å². The molecule has 0 aliphatic carbocycles. The van der Waals surface area contributed by atoms with E-state index < -0.39 is 5.56 Å². The van der Waals surface area contributed by atoms with Crippen molar-refractivity contribution in [2.75, 3.05) is 19.6 Å². The Morgan fingerprint density at radius 2 is 2.21 bits per heavy atom. The number of aromatic nitrogens is 1. The van der Waals surface area contributed by atoms with Gasteiger partial charge in [0.25, 0.3) is 11.5 Å². The van der Waals surface area contributed by atoms with E-state index in [-0.39, 0.29) is 17.4 Å². The number of aromatic hydroxyl groups is 1. The Labute approximate surface area is 110 Å². The molecule has 1 aromatic rings. The second-order valence-corrected chi connectivity index (χ2v) is 5.29. The summed E-state index contributed by atoms with van der Waals surface area (Å²) in [6.45, 7) is 2.41. The highest BCUT2D eigenvalue weighted by Gasteiger charge is 2.36. The number of fused-ring (bicyclic) bond motifs is 1. The third-order valence-electron chi connectivity index (χ3n) is 3.96. The number of pyridine rings is 1. The lowest BCUT2D eigenvalue weighted by atomic mass is 9.94. The van der Waals surface area contributed by atoms with Crippen LogP contribution in [0.1, 0.15) is 23.2 Å². The highest BCUT2D eigenvalue weighted by Crippen LogP contribution is 2.26. The number of nitrogens with zero attached hydrogens (tertiary/aromatic N) is 1. The second kappa shape index (κ2) is 4.70. The minimum Gasteiger partial charge on any atom is -0.494 e. The Morgan fingerprint density at radius 3 is 2.95 bits per heavy atom. The van der Waals surface area contributed by atoms with Crippen LogP contribution >= 0.6 is 0 Å². The zero-order valence-electron chi connectivity index (χ0n) is 10.6. The molecule has 2 aliphatic rings. The summed E-state index contributed by atoms with van der Waals surface area (Å²) in [6.07, 6.45) is 2.29. The van der Waals surface area contributed by atoms with Gasteiger partial charge in [-0.15, -0.1) is 0 Å².